The molecule has 0 radical (unpaired) electrons. The van der Waals surface area contributed by atoms with Crippen molar-refractivity contribution in [2.24, 2.45) is 10.2 Å². The van der Waals surface area contributed by atoms with Crippen LogP contribution in [0.25, 0.3) is 0 Å². The van der Waals surface area contributed by atoms with Crippen molar-refractivity contribution in [1.82, 2.24) is 0 Å². The van der Waals surface area contributed by atoms with Crippen molar-refractivity contribution in [3.05, 3.63) is 45.9 Å². The van der Waals surface area contributed by atoms with Crippen LogP contribution in [0, 0.1) is 18.3 Å². The van der Waals surface area contributed by atoms with Crippen LogP contribution in [-0.2, 0) is 19.8 Å². The number of hydrogen-bond donors (Lipinski definition) is 0. The van der Waals surface area contributed by atoms with Crippen LogP contribution >= 0.6 is 23.2 Å². The molecule has 0 aliphatic rings. The van der Waals surface area contributed by atoms with E-state index in [-0.39, 0.29) is 34.7 Å². The zero-order valence-corrected chi connectivity index (χ0v) is 20.9. The number of hydrogen-bond acceptors (Lipinski definition) is 8. The van der Waals surface area contributed by atoms with Gasteiger partial charge in [0.2, 0.25) is 0 Å². The molecule has 8 nitrogen and oxygen atoms in total. The van der Waals surface area contributed by atoms with Gasteiger partial charge in [-0.25, -0.2) is 0 Å². The number of unbranched alkanes of at least 4 members (excludes halogenated alkanes) is 1. The van der Waals surface area contributed by atoms with Crippen molar-refractivity contribution in [3.63, 3.8) is 0 Å². The number of carbonyl (C=O) groups excluding carboxylic acids is 1. The molecule has 0 atom stereocenters. The maximum absolute atomic E-state index is 13.2. The van der Waals surface area contributed by atoms with E-state index in [2.05, 4.69) is 10.2 Å². The summed E-state index contributed by atoms with van der Waals surface area (Å²) in [5.74, 6) is -0.319. The lowest BCUT2D eigenvalue weighted by atomic mass is 10.1. The molecule has 2 aromatic carbocycles. The summed E-state index contributed by atoms with van der Waals surface area (Å²) in [7, 11) is -5.01. The molecule has 182 valence electrons. The summed E-state index contributed by atoms with van der Waals surface area (Å²) in [5, 5.41) is 16.2. The molecule has 34 heavy (non-hydrogen) atoms. The highest BCUT2D eigenvalue weighted by atomic mass is 35.5. The molecule has 0 fully saturated rings. The van der Waals surface area contributed by atoms with E-state index in [1.165, 1.54) is 0 Å². The second kappa shape index (κ2) is 12.6. The molecule has 0 aliphatic heterocycles. The Hall–Kier alpha value is -2.74. The van der Waals surface area contributed by atoms with E-state index in [0.717, 1.165) is 23.4 Å². The summed E-state index contributed by atoms with van der Waals surface area (Å²) in [6.07, 6.45) is 1.08. The predicted octanol–water partition coefficient (Wildman–Crippen LogP) is 6.44. The lowest BCUT2D eigenvalue weighted by Crippen LogP contribution is -2.26. The van der Waals surface area contributed by atoms with E-state index in [9.17, 15) is 17.1 Å². The Morgan fingerprint density at radius 2 is 1.88 bits per heavy atom. The number of esters is 1. The Morgan fingerprint density at radius 1 is 1.18 bits per heavy atom. The van der Waals surface area contributed by atoms with Crippen molar-refractivity contribution in [2.75, 3.05) is 24.6 Å². The normalized spacial score (nSPS) is 11.4. The Kier molecular flexibility index (Phi) is 10.2. The van der Waals surface area contributed by atoms with Crippen LogP contribution in [-0.4, -0.2) is 34.1 Å². The second-order valence-corrected chi connectivity index (χ2v) is 9.28. The predicted molar refractivity (Wildman–Crippen MR) is 128 cm³/mol. The molecular weight excluding hydrogens is 506 g/mol. The standard InChI is InChI=1S/C22H23Cl2FN4O4S/c1-3-29(10-8-22(30)33-11-5-4-9-26)16-6-7-19(15(2)12-16)27-28-20-13-18(24)21(14-17(20)23)34(25,31)32/h6-7,12-14H,3-5,8,10-11H2,1-2H3. The number of nitrogens with zero attached hydrogens (tertiary/aromatic N) is 4. The van der Waals surface area contributed by atoms with E-state index in [1.807, 2.05) is 36.9 Å². The van der Waals surface area contributed by atoms with Gasteiger partial charge in [-0.3, -0.25) is 4.79 Å². The summed E-state index contributed by atoms with van der Waals surface area (Å²) >= 11 is 11.8. The average Bonchev–Trinajstić information content (AvgIpc) is 2.77. The van der Waals surface area contributed by atoms with E-state index < -0.39 is 15.1 Å². The third kappa shape index (κ3) is 7.94. The summed E-state index contributed by atoms with van der Waals surface area (Å²) in [4.78, 5) is 13.2. The van der Waals surface area contributed by atoms with Gasteiger partial charge in [-0.15, -0.1) is 9.00 Å². The SMILES string of the molecule is CCN(CCC(=O)OCCCC#N)c1ccc(N=Nc2cc(Cl)c(S(=O)(=O)F)cc2Cl)c(C)c1. The molecule has 0 spiro atoms. The number of benzene rings is 2. The monoisotopic (exact) mass is 528 g/mol. The lowest BCUT2D eigenvalue weighted by Gasteiger charge is -2.23. The maximum Gasteiger partial charge on any atom is 0.333 e. The van der Waals surface area contributed by atoms with E-state index >= 15 is 0 Å². The number of rotatable bonds is 11. The summed E-state index contributed by atoms with van der Waals surface area (Å²) < 4.78 is 40.6. The molecule has 0 saturated carbocycles. The van der Waals surface area contributed by atoms with Gasteiger partial charge in [-0.2, -0.15) is 18.8 Å². The molecule has 0 bridgehead atoms. The first-order valence-electron chi connectivity index (χ1n) is 10.3. The van der Waals surface area contributed by atoms with Crippen molar-refractivity contribution >= 4 is 56.5 Å². The van der Waals surface area contributed by atoms with Gasteiger partial charge in [0.05, 0.1) is 34.8 Å². The number of anilines is 1. The lowest BCUT2D eigenvalue weighted by molar-refractivity contribution is -0.143. The molecule has 0 unspecified atom stereocenters. The van der Waals surface area contributed by atoms with Gasteiger partial charge >= 0.3 is 16.2 Å². The summed E-state index contributed by atoms with van der Waals surface area (Å²) in [6, 6.07) is 9.48. The van der Waals surface area contributed by atoms with Crippen LogP contribution in [0.15, 0.2) is 45.5 Å². The largest absolute Gasteiger partial charge is 0.466 e. The van der Waals surface area contributed by atoms with Gasteiger partial charge in [0.25, 0.3) is 0 Å². The fraction of sp³-hybridized carbons (Fsp3) is 0.364. The summed E-state index contributed by atoms with van der Waals surface area (Å²) in [5.41, 5.74) is 2.30. The number of nitriles is 1. The highest BCUT2D eigenvalue weighted by molar-refractivity contribution is 7.86. The zero-order chi connectivity index (χ0) is 25.3. The smallest absolute Gasteiger partial charge is 0.333 e. The fourth-order valence-electron chi connectivity index (χ4n) is 2.94. The third-order valence-electron chi connectivity index (χ3n) is 4.74. The molecule has 0 saturated heterocycles. The third-order valence-corrected chi connectivity index (χ3v) is 6.33. The van der Waals surface area contributed by atoms with Crippen LogP contribution in [0.1, 0.15) is 31.7 Å². The molecular formula is C22H23Cl2FN4O4S. The van der Waals surface area contributed by atoms with E-state index in [1.54, 1.807) is 6.07 Å². The first-order chi connectivity index (χ1) is 16.1. The number of azo groups is 1. The Morgan fingerprint density at radius 3 is 2.50 bits per heavy atom. The van der Waals surface area contributed by atoms with Crippen LogP contribution in [0.4, 0.5) is 20.9 Å². The summed E-state index contributed by atoms with van der Waals surface area (Å²) in [6.45, 7) is 5.17. The number of halogens is 3. The molecule has 0 aliphatic carbocycles. The van der Waals surface area contributed by atoms with Crippen LogP contribution in [0.2, 0.25) is 10.0 Å². The topological polar surface area (TPSA) is 112 Å². The minimum absolute atomic E-state index is 0.0889. The van der Waals surface area contributed by atoms with Crippen LogP contribution in [0.5, 0.6) is 0 Å². The quantitative estimate of drug-likeness (QED) is 0.143. The Labute approximate surface area is 208 Å². The van der Waals surface area contributed by atoms with Gasteiger partial charge in [0, 0.05) is 25.2 Å². The van der Waals surface area contributed by atoms with Gasteiger partial charge in [-0.1, -0.05) is 23.2 Å². The highest BCUT2D eigenvalue weighted by Gasteiger charge is 2.19. The van der Waals surface area contributed by atoms with Gasteiger partial charge in [0.15, 0.2) is 0 Å². The fourth-order valence-corrected chi connectivity index (χ4v) is 4.19. The molecule has 0 amide bonds. The van der Waals surface area contributed by atoms with Crippen LogP contribution in [0.3, 0.4) is 0 Å². The molecule has 2 aromatic rings. The number of aryl methyl sites for hydroxylation is 1. The van der Waals surface area contributed by atoms with Crippen LogP contribution < -0.4 is 4.90 Å². The maximum atomic E-state index is 13.2. The Balaban J connectivity index is 2.09. The first kappa shape index (κ1) is 27.5. The van der Waals surface area contributed by atoms with Crippen molar-refractivity contribution < 1.29 is 21.8 Å². The average molecular weight is 529 g/mol. The minimum Gasteiger partial charge on any atom is -0.466 e. The second-order valence-electron chi connectivity index (χ2n) is 7.15. The zero-order valence-electron chi connectivity index (χ0n) is 18.6. The van der Waals surface area contributed by atoms with Gasteiger partial charge < -0.3 is 9.64 Å². The van der Waals surface area contributed by atoms with E-state index in [0.29, 0.717) is 31.6 Å². The van der Waals surface area contributed by atoms with Crippen molar-refractivity contribution in [1.29, 1.82) is 5.26 Å². The molecule has 0 aromatic heterocycles. The number of carbonyl (C=O) groups is 1. The molecule has 0 heterocycles. The minimum atomic E-state index is -5.01. The van der Waals surface area contributed by atoms with Gasteiger partial charge in [-0.05, 0) is 56.2 Å². The molecule has 0 N–H and O–H groups in total. The molecule has 2 rings (SSSR count). The van der Waals surface area contributed by atoms with Crippen molar-refractivity contribution in [3.8, 4) is 6.07 Å². The molecule has 12 heteroatoms. The Bertz CT molecular complexity index is 1220. The van der Waals surface area contributed by atoms with Crippen molar-refractivity contribution in [2.45, 2.75) is 38.0 Å². The first-order valence-corrected chi connectivity index (χ1v) is 12.4. The number of ether oxygens (including phenoxy) is 1. The highest BCUT2D eigenvalue weighted by Crippen LogP contribution is 2.36. The van der Waals surface area contributed by atoms with E-state index in [4.69, 9.17) is 33.2 Å². The van der Waals surface area contributed by atoms with Gasteiger partial charge in [0.1, 0.15) is 10.6 Å².